The Bertz CT molecular complexity index is 1440. The van der Waals surface area contributed by atoms with Crippen LogP contribution in [0, 0.1) is 6.92 Å². The van der Waals surface area contributed by atoms with E-state index in [4.69, 9.17) is 31.5 Å². The van der Waals surface area contributed by atoms with Crippen LogP contribution in [0.5, 0.6) is 0 Å². The number of halogens is 1. The van der Waals surface area contributed by atoms with Crippen LogP contribution < -0.4 is 0 Å². The summed E-state index contributed by atoms with van der Waals surface area (Å²) >= 11 is 7.10. The smallest absolute Gasteiger partial charge is 0.0903 e. The molecule has 0 bridgehead atoms. The van der Waals surface area contributed by atoms with Gasteiger partial charge in [0.05, 0.1) is 51.6 Å². The molecule has 0 spiro atoms. The van der Waals surface area contributed by atoms with Gasteiger partial charge in [-0.05, 0) is 63.2 Å². The molecule has 0 amide bonds. The second-order valence-electron chi connectivity index (χ2n) is 9.99. The topological polar surface area (TPSA) is 54.8 Å². The molecule has 2 aromatic heterocycles. The molecule has 0 radical (unpaired) electrons. The van der Waals surface area contributed by atoms with E-state index < -0.39 is 0 Å². The first kappa shape index (κ1) is 26.5. The van der Waals surface area contributed by atoms with E-state index in [0.717, 1.165) is 101 Å². The van der Waals surface area contributed by atoms with Crippen LogP contribution in [0.15, 0.2) is 48.8 Å². The van der Waals surface area contributed by atoms with E-state index >= 15 is 0 Å². The van der Waals surface area contributed by atoms with Crippen molar-refractivity contribution in [1.82, 2.24) is 24.8 Å². The Morgan fingerprint density at radius 1 is 0.684 bits per heavy atom. The SMILES string of the molecule is CCc1ncc(-c2cccc(-c3cccc(-c4cnc(CN5CCCC5)c(CC)n4)c3Cl)c2C)nc1CC. The molecule has 5 nitrogen and oxygen atoms in total. The summed E-state index contributed by atoms with van der Waals surface area (Å²) in [6, 6.07) is 12.5. The first-order chi connectivity index (χ1) is 18.5. The number of likely N-dealkylation sites (tertiary alicyclic amines) is 1. The second-order valence-corrected chi connectivity index (χ2v) is 10.4. The van der Waals surface area contributed by atoms with E-state index in [-0.39, 0.29) is 0 Å². The highest BCUT2D eigenvalue weighted by Crippen LogP contribution is 2.39. The Hall–Kier alpha value is -3.15. The Morgan fingerprint density at radius 3 is 1.87 bits per heavy atom. The molecule has 196 valence electrons. The van der Waals surface area contributed by atoms with Crippen LogP contribution in [0.2, 0.25) is 5.02 Å². The van der Waals surface area contributed by atoms with Gasteiger partial charge in [-0.2, -0.15) is 0 Å². The van der Waals surface area contributed by atoms with E-state index in [1.165, 1.54) is 12.8 Å². The van der Waals surface area contributed by atoms with Gasteiger partial charge in [0.2, 0.25) is 0 Å². The molecular formula is C32H36ClN5. The molecule has 0 unspecified atom stereocenters. The van der Waals surface area contributed by atoms with Crippen molar-refractivity contribution in [3.05, 3.63) is 82.2 Å². The number of rotatable bonds is 8. The van der Waals surface area contributed by atoms with Crippen LogP contribution in [0.3, 0.4) is 0 Å². The summed E-state index contributed by atoms with van der Waals surface area (Å²) in [5.74, 6) is 0. The molecule has 2 aromatic carbocycles. The van der Waals surface area contributed by atoms with Crippen molar-refractivity contribution in [2.45, 2.75) is 66.3 Å². The molecule has 6 heteroatoms. The lowest BCUT2D eigenvalue weighted by molar-refractivity contribution is 0.325. The van der Waals surface area contributed by atoms with Gasteiger partial charge in [0, 0.05) is 23.2 Å². The molecule has 4 aromatic rings. The summed E-state index contributed by atoms with van der Waals surface area (Å²) in [4.78, 5) is 22.0. The van der Waals surface area contributed by atoms with Gasteiger partial charge in [-0.3, -0.25) is 14.9 Å². The zero-order valence-electron chi connectivity index (χ0n) is 22.9. The summed E-state index contributed by atoms with van der Waals surface area (Å²) < 4.78 is 0. The van der Waals surface area contributed by atoms with E-state index in [0.29, 0.717) is 5.02 Å². The highest BCUT2D eigenvalue weighted by atomic mass is 35.5. The molecular weight excluding hydrogens is 490 g/mol. The Balaban J connectivity index is 1.52. The lowest BCUT2D eigenvalue weighted by Gasteiger charge is -2.17. The Kier molecular flexibility index (Phi) is 8.15. The molecule has 0 N–H and O–H groups in total. The van der Waals surface area contributed by atoms with Crippen LogP contribution in [0.25, 0.3) is 33.6 Å². The molecule has 38 heavy (non-hydrogen) atoms. The van der Waals surface area contributed by atoms with Gasteiger partial charge in [0.1, 0.15) is 0 Å². The van der Waals surface area contributed by atoms with Crippen LogP contribution in [0.4, 0.5) is 0 Å². The van der Waals surface area contributed by atoms with Crippen LogP contribution in [-0.2, 0) is 25.8 Å². The molecule has 5 rings (SSSR count). The van der Waals surface area contributed by atoms with E-state index in [9.17, 15) is 0 Å². The summed E-state index contributed by atoms with van der Waals surface area (Å²) in [6.45, 7) is 11.7. The number of hydrogen-bond donors (Lipinski definition) is 0. The maximum Gasteiger partial charge on any atom is 0.0903 e. The average molecular weight is 526 g/mol. The largest absolute Gasteiger partial charge is 0.297 e. The monoisotopic (exact) mass is 525 g/mol. The minimum atomic E-state index is 0.693. The van der Waals surface area contributed by atoms with Crippen LogP contribution in [-0.4, -0.2) is 37.9 Å². The highest BCUT2D eigenvalue weighted by molar-refractivity contribution is 6.36. The summed E-state index contributed by atoms with van der Waals surface area (Å²) in [6.07, 6.45) is 8.93. The number of aromatic nitrogens is 4. The van der Waals surface area contributed by atoms with E-state index in [1.54, 1.807) is 0 Å². The van der Waals surface area contributed by atoms with Crippen molar-refractivity contribution in [3.63, 3.8) is 0 Å². The Morgan fingerprint density at radius 2 is 1.21 bits per heavy atom. The number of hydrogen-bond acceptors (Lipinski definition) is 5. The predicted molar refractivity (Wildman–Crippen MR) is 156 cm³/mol. The fraction of sp³-hybridized carbons (Fsp3) is 0.375. The minimum absolute atomic E-state index is 0.693. The maximum atomic E-state index is 7.10. The summed E-state index contributed by atoms with van der Waals surface area (Å²) in [5.41, 5.74) is 11.2. The molecule has 3 heterocycles. The standard InChI is InChI=1S/C32H36ClN5/c1-5-26-27(6-2)36-29(18-34-26)23-13-10-12-22(21(23)4)24-14-11-15-25(32(24)33)30-19-35-31(28(7-3)37-30)20-38-16-8-9-17-38/h10-15,18-19H,5-9,16-17,20H2,1-4H3. The lowest BCUT2D eigenvalue weighted by Crippen LogP contribution is -2.20. The van der Waals surface area contributed by atoms with Crippen molar-refractivity contribution in [2.24, 2.45) is 0 Å². The number of aryl methyl sites for hydroxylation is 3. The predicted octanol–water partition coefficient (Wildman–Crippen LogP) is 7.51. The summed E-state index contributed by atoms with van der Waals surface area (Å²) in [7, 11) is 0. The zero-order chi connectivity index (χ0) is 26.6. The quantitative estimate of drug-likeness (QED) is 0.238. The minimum Gasteiger partial charge on any atom is -0.297 e. The highest BCUT2D eigenvalue weighted by Gasteiger charge is 2.19. The van der Waals surface area contributed by atoms with Gasteiger partial charge in [-0.25, -0.2) is 9.97 Å². The van der Waals surface area contributed by atoms with Crippen molar-refractivity contribution >= 4 is 11.6 Å². The molecule has 0 aliphatic carbocycles. The van der Waals surface area contributed by atoms with Gasteiger partial charge in [-0.15, -0.1) is 0 Å². The first-order valence-electron chi connectivity index (χ1n) is 13.8. The van der Waals surface area contributed by atoms with Gasteiger partial charge >= 0.3 is 0 Å². The second kappa shape index (κ2) is 11.7. The normalized spacial score (nSPS) is 13.8. The Labute approximate surface area is 231 Å². The zero-order valence-corrected chi connectivity index (χ0v) is 23.6. The molecule has 1 saturated heterocycles. The first-order valence-corrected chi connectivity index (χ1v) is 14.2. The van der Waals surface area contributed by atoms with Gasteiger partial charge in [0.25, 0.3) is 0 Å². The molecule has 0 saturated carbocycles. The van der Waals surface area contributed by atoms with E-state index in [2.05, 4.69) is 62.9 Å². The van der Waals surface area contributed by atoms with Gasteiger partial charge in [-0.1, -0.05) is 68.8 Å². The lowest BCUT2D eigenvalue weighted by atomic mass is 9.93. The third-order valence-electron chi connectivity index (χ3n) is 7.61. The number of nitrogens with zero attached hydrogens (tertiary/aromatic N) is 5. The van der Waals surface area contributed by atoms with Crippen molar-refractivity contribution < 1.29 is 0 Å². The van der Waals surface area contributed by atoms with E-state index in [1.807, 2.05) is 18.5 Å². The van der Waals surface area contributed by atoms with Crippen molar-refractivity contribution in [3.8, 4) is 33.6 Å². The van der Waals surface area contributed by atoms with Crippen molar-refractivity contribution in [2.75, 3.05) is 13.1 Å². The maximum absolute atomic E-state index is 7.10. The van der Waals surface area contributed by atoms with Gasteiger partial charge in [0.15, 0.2) is 0 Å². The molecule has 1 aliphatic heterocycles. The molecule has 1 aliphatic rings. The fourth-order valence-corrected chi connectivity index (χ4v) is 5.78. The third kappa shape index (κ3) is 5.23. The fourth-order valence-electron chi connectivity index (χ4n) is 5.45. The average Bonchev–Trinajstić information content (AvgIpc) is 3.46. The van der Waals surface area contributed by atoms with Gasteiger partial charge < -0.3 is 0 Å². The van der Waals surface area contributed by atoms with Crippen LogP contribution >= 0.6 is 11.6 Å². The third-order valence-corrected chi connectivity index (χ3v) is 8.02. The van der Waals surface area contributed by atoms with Crippen LogP contribution in [0.1, 0.15) is 62.0 Å². The van der Waals surface area contributed by atoms with Crippen molar-refractivity contribution in [1.29, 1.82) is 0 Å². The molecule has 1 fully saturated rings. The summed E-state index contributed by atoms with van der Waals surface area (Å²) in [5, 5.41) is 0.693. The molecule has 0 atom stereocenters. The number of benzene rings is 2.